The SMILES string of the molecule is Cc1ccsc1C(=O)NCc1ccnc([C@@H]2CCCOC2)n1. The molecule has 0 aromatic carbocycles. The number of carbonyl (C=O) groups is 1. The molecule has 0 aliphatic carbocycles. The molecular weight excluding hydrogens is 298 g/mol. The number of nitrogens with one attached hydrogen (secondary N) is 1. The number of thiophene rings is 1. The van der Waals surface area contributed by atoms with Gasteiger partial charge in [0.05, 0.1) is 23.7 Å². The normalized spacial score (nSPS) is 18.1. The van der Waals surface area contributed by atoms with Gasteiger partial charge < -0.3 is 10.1 Å². The van der Waals surface area contributed by atoms with E-state index in [1.165, 1.54) is 11.3 Å². The van der Waals surface area contributed by atoms with Gasteiger partial charge in [0.2, 0.25) is 0 Å². The molecule has 116 valence electrons. The third-order valence-corrected chi connectivity index (χ3v) is 4.77. The van der Waals surface area contributed by atoms with Crippen molar-refractivity contribution in [3.63, 3.8) is 0 Å². The molecule has 3 rings (SSSR count). The summed E-state index contributed by atoms with van der Waals surface area (Å²) in [5.74, 6) is 1.04. The molecule has 0 saturated carbocycles. The van der Waals surface area contributed by atoms with Gasteiger partial charge in [0.15, 0.2) is 0 Å². The fraction of sp³-hybridized carbons (Fsp3) is 0.438. The van der Waals surface area contributed by atoms with E-state index in [-0.39, 0.29) is 11.8 Å². The minimum atomic E-state index is -0.0475. The van der Waals surface area contributed by atoms with Crippen LogP contribution in [0.3, 0.4) is 0 Å². The van der Waals surface area contributed by atoms with Gasteiger partial charge in [-0.1, -0.05) is 0 Å². The molecule has 1 N–H and O–H groups in total. The molecule has 1 fully saturated rings. The predicted molar refractivity (Wildman–Crippen MR) is 85.1 cm³/mol. The molecule has 1 aliphatic rings. The summed E-state index contributed by atoms with van der Waals surface area (Å²) in [5.41, 5.74) is 1.84. The largest absolute Gasteiger partial charge is 0.381 e. The van der Waals surface area contributed by atoms with Crippen molar-refractivity contribution >= 4 is 17.2 Å². The van der Waals surface area contributed by atoms with Gasteiger partial charge in [0, 0.05) is 18.7 Å². The van der Waals surface area contributed by atoms with Crippen LogP contribution in [0, 0.1) is 6.92 Å². The van der Waals surface area contributed by atoms with Gasteiger partial charge in [0.25, 0.3) is 5.91 Å². The summed E-state index contributed by atoms with van der Waals surface area (Å²) in [4.78, 5) is 21.8. The second-order valence-electron chi connectivity index (χ2n) is 5.44. The molecule has 2 aromatic heterocycles. The van der Waals surface area contributed by atoms with Crippen molar-refractivity contribution in [3.05, 3.63) is 45.7 Å². The topological polar surface area (TPSA) is 64.1 Å². The Hall–Kier alpha value is -1.79. The van der Waals surface area contributed by atoms with E-state index < -0.39 is 0 Å². The smallest absolute Gasteiger partial charge is 0.261 e. The van der Waals surface area contributed by atoms with Crippen LogP contribution >= 0.6 is 11.3 Å². The molecular formula is C16H19N3O2S. The molecule has 1 atom stereocenters. The van der Waals surface area contributed by atoms with Gasteiger partial charge in [-0.25, -0.2) is 9.97 Å². The van der Waals surface area contributed by atoms with Crippen LogP contribution < -0.4 is 5.32 Å². The maximum Gasteiger partial charge on any atom is 0.261 e. The number of ether oxygens (including phenoxy) is 1. The van der Waals surface area contributed by atoms with Gasteiger partial charge in [0.1, 0.15) is 5.82 Å². The van der Waals surface area contributed by atoms with Crippen LogP contribution in [0.4, 0.5) is 0 Å². The van der Waals surface area contributed by atoms with Crippen LogP contribution in [0.1, 0.15) is 45.5 Å². The first-order valence-electron chi connectivity index (χ1n) is 7.46. The van der Waals surface area contributed by atoms with Crippen molar-refractivity contribution in [1.82, 2.24) is 15.3 Å². The molecule has 6 heteroatoms. The van der Waals surface area contributed by atoms with Crippen LogP contribution in [0.25, 0.3) is 0 Å². The maximum absolute atomic E-state index is 12.1. The Kier molecular flexibility index (Phi) is 4.80. The highest BCUT2D eigenvalue weighted by molar-refractivity contribution is 7.12. The zero-order valence-corrected chi connectivity index (χ0v) is 13.4. The number of carbonyl (C=O) groups excluding carboxylic acids is 1. The first-order chi connectivity index (χ1) is 10.7. The summed E-state index contributed by atoms with van der Waals surface area (Å²) >= 11 is 1.46. The molecule has 2 aromatic rings. The third-order valence-electron chi connectivity index (χ3n) is 3.76. The quantitative estimate of drug-likeness (QED) is 0.941. The second kappa shape index (κ2) is 6.98. The number of hydrogen-bond donors (Lipinski definition) is 1. The monoisotopic (exact) mass is 317 g/mol. The highest BCUT2D eigenvalue weighted by Crippen LogP contribution is 2.22. The van der Waals surface area contributed by atoms with Crippen molar-refractivity contribution in [2.45, 2.75) is 32.2 Å². The average molecular weight is 317 g/mol. The van der Waals surface area contributed by atoms with E-state index in [1.807, 2.05) is 24.4 Å². The minimum Gasteiger partial charge on any atom is -0.381 e. The molecule has 0 spiro atoms. The van der Waals surface area contributed by atoms with Crippen LogP contribution in [0.5, 0.6) is 0 Å². The Morgan fingerprint density at radius 2 is 2.41 bits per heavy atom. The first kappa shape index (κ1) is 15.1. The maximum atomic E-state index is 12.1. The lowest BCUT2D eigenvalue weighted by molar-refractivity contribution is 0.0779. The highest BCUT2D eigenvalue weighted by atomic mass is 32.1. The fourth-order valence-electron chi connectivity index (χ4n) is 2.51. The standard InChI is InChI=1S/C16H19N3O2S/c1-11-5-8-22-14(11)16(20)18-9-13-4-6-17-15(19-13)12-3-2-7-21-10-12/h4-6,8,12H,2-3,7,9-10H2,1H3,(H,18,20)/t12-/m1/s1. The molecule has 1 amide bonds. The highest BCUT2D eigenvalue weighted by Gasteiger charge is 2.19. The molecule has 3 heterocycles. The van der Waals surface area contributed by atoms with Crippen LogP contribution in [0.2, 0.25) is 0 Å². The molecule has 5 nitrogen and oxygen atoms in total. The number of nitrogens with zero attached hydrogens (tertiary/aromatic N) is 2. The average Bonchev–Trinajstić information content (AvgIpc) is 3.00. The van der Waals surface area contributed by atoms with E-state index in [9.17, 15) is 4.79 Å². The lowest BCUT2D eigenvalue weighted by Crippen LogP contribution is -2.24. The van der Waals surface area contributed by atoms with E-state index in [1.54, 1.807) is 6.20 Å². The number of amides is 1. The number of aryl methyl sites for hydroxylation is 1. The van der Waals surface area contributed by atoms with Gasteiger partial charge in [-0.15, -0.1) is 11.3 Å². The molecule has 0 bridgehead atoms. The van der Waals surface area contributed by atoms with Gasteiger partial charge in [-0.3, -0.25) is 4.79 Å². The van der Waals surface area contributed by atoms with Crippen molar-refractivity contribution in [2.75, 3.05) is 13.2 Å². The first-order valence-corrected chi connectivity index (χ1v) is 8.34. The summed E-state index contributed by atoms with van der Waals surface area (Å²) in [5, 5.41) is 4.85. The third kappa shape index (κ3) is 3.51. The van der Waals surface area contributed by atoms with E-state index in [4.69, 9.17) is 4.74 Å². The molecule has 1 aliphatic heterocycles. The van der Waals surface area contributed by atoms with Gasteiger partial charge in [-0.05, 0) is 42.8 Å². The number of aromatic nitrogens is 2. The Labute approximate surface area is 133 Å². The lowest BCUT2D eigenvalue weighted by atomic mass is 10.0. The van der Waals surface area contributed by atoms with Crippen LogP contribution in [-0.2, 0) is 11.3 Å². The Balaban J connectivity index is 1.63. The summed E-state index contributed by atoms with van der Waals surface area (Å²) in [6, 6.07) is 3.79. The lowest BCUT2D eigenvalue weighted by Gasteiger charge is -2.20. The second-order valence-corrected chi connectivity index (χ2v) is 6.35. The number of hydrogen-bond acceptors (Lipinski definition) is 5. The number of rotatable bonds is 4. The Morgan fingerprint density at radius 1 is 1.50 bits per heavy atom. The Bertz CT molecular complexity index is 650. The van der Waals surface area contributed by atoms with Crippen LogP contribution in [-0.4, -0.2) is 29.1 Å². The molecule has 22 heavy (non-hydrogen) atoms. The zero-order valence-electron chi connectivity index (χ0n) is 12.5. The zero-order chi connectivity index (χ0) is 15.4. The minimum absolute atomic E-state index is 0.0475. The summed E-state index contributed by atoms with van der Waals surface area (Å²) in [6.45, 7) is 3.87. The van der Waals surface area contributed by atoms with E-state index in [0.29, 0.717) is 13.2 Å². The summed E-state index contributed by atoms with van der Waals surface area (Å²) < 4.78 is 5.49. The van der Waals surface area contributed by atoms with Gasteiger partial charge in [-0.2, -0.15) is 0 Å². The summed E-state index contributed by atoms with van der Waals surface area (Å²) in [7, 11) is 0. The summed E-state index contributed by atoms with van der Waals surface area (Å²) in [6.07, 6.45) is 3.87. The predicted octanol–water partition coefficient (Wildman–Crippen LogP) is 2.67. The van der Waals surface area contributed by atoms with Gasteiger partial charge >= 0.3 is 0 Å². The van der Waals surface area contributed by atoms with Crippen molar-refractivity contribution in [3.8, 4) is 0 Å². The molecule has 1 saturated heterocycles. The fourth-order valence-corrected chi connectivity index (χ4v) is 3.35. The van der Waals surface area contributed by atoms with E-state index >= 15 is 0 Å². The Morgan fingerprint density at radius 3 is 3.14 bits per heavy atom. The van der Waals surface area contributed by atoms with E-state index in [0.717, 1.165) is 41.4 Å². The van der Waals surface area contributed by atoms with Crippen molar-refractivity contribution in [1.29, 1.82) is 0 Å². The van der Waals surface area contributed by atoms with E-state index in [2.05, 4.69) is 15.3 Å². The van der Waals surface area contributed by atoms with Crippen molar-refractivity contribution in [2.24, 2.45) is 0 Å². The van der Waals surface area contributed by atoms with Crippen molar-refractivity contribution < 1.29 is 9.53 Å². The molecule has 0 radical (unpaired) electrons. The molecule has 0 unspecified atom stereocenters. The van der Waals surface area contributed by atoms with Crippen LogP contribution in [0.15, 0.2) is 23.7 Å².